The van der Waals surface area contributed by atoms with Crippen LogP contribution in [0, 0.1) is 0 Å². The highest BCUT2D eigenvalue weighted by Crippen LogP contribution is 2.12. The van der Waals surface area contributed by atoms with E-state index in [0.29, 0.717) is 12.2 Å². The number of carboxylic acids is 1. The molecular formula is C21H36O3. The zero-order valence-electron chi connectivity index (χ0n) is 15.8. The molecule has 0 amide bonds. The predicted molar refractivity (Wildman–Crippen MR) is 102 cm³/mol. The van der Waals surface area contributed by atoms with Gasteiger partial charge in [-0.25, -0.2) is 4.79 Å². The third-order valence-electron chi connectivity index (χ3n) is 3.87. The smallest absolute Gasteiger partial charge is 0.344 e. The molecule has 0 bridgehead atoms. The molecule has 0 radical (unpaired) electrons. The lowest BCUT2D eigenvalue weighted by Crippen LogP contribution is -2.25. The van der Waals surface area contributed by atoms with Gasteiger partial charge in [-0.1, -0.05) is 96.8 Å². The summed E-state index contributed by atoms with van der Waals surface area (Å²) in [6.07, 6.45) is 12.7. The minimum Gasteiger partial charge on any atom is -0.479 e. The van der Waals surface area contributed by atoms with Gasteiger partial charge in [-0.05, 0) is 18.6 Å². The van der Waals surface area contributed by atoms with Gasteiger partial charge in [0.1, 0.15) is 5.75 Å². The van der Waals surface area contributed by atoms with Crippen LogP contribution in [0.3, 0.4) is 0 Å². The van der Waals surface area contributed by atoms with Gasteiger partial charge in [0.2, 0.25) is 0 Å². The van der Waals surface area contributed by atoms with Gasteiger partial charge >= 0.3 is 5.97 Å². The second-order valence-electron chi connectivity index (χ2n) is 6.14. The molecule has 24 heavy (non-hydrogen) atoms. The SMILES string of the molecule is CCC(Oc1ccccc1)C(=O)O.CCCCCCCCCCC. The molecule has 1 aromatic rings. The van der Waals surface area contributed by atoms with E-state index in [4.69, 9.17) is 9.84 Å². The number of ether oxygens (including phenoxy) is 1. The minimum atomic E-state index is -0.925. The lowest BCUT2D eigenvalue weighted by molar-refractivity contribution is -0.145. The maximum Gasteiger partial charge on any atom is 0.344 e. The number of benzene rings is 1. The van der Waals surface area contributed by atoms with E-state index >= 15 is 0 Å². The van der Waals surface area contributed by atoms with Crippen LogP contribution in [0.2, 0.25) is 0 Å². The maximum atomic E-state index is 10.6. The second kappa shape index (κ2) is 16.4. The highest BCUT2D eigenvalue weighted by molar-refractivity contribution is 5.72. The monoisotopic (exact) mass is 336 g/mol. The summed E-state index contributed by atoms with van der Waals surface area (Å²) in [7, 11) is 0. The van der Waals surface area contributed by atoms with Gasteiger partial charge in [0.05, 0.1) is 0 Å². The van der Waals surface area contributed by atoms with Gasteiger partial charge in [-0.3, -0.25) is 0 Å². The molecule has 1 atom stereocenters. The van der Waals surface area contributed by atoms with Crippen LogP contribution in [0.15, 0.2) is 30.3 Å². The Morgan fingerprint density at radius 2 is 1.33 bits per heavy atom. The number of carboxylic acid groups (broad SMARTS) is 1. The predicted octanol–water partition coefficient (Wildman–Crippen LogP) is 6.47. The number of hydrogen-bond acceptors (Lipinski definition) is 2. The van der Waals surface area contributed by atoms with E-state index < -0.39 is 12.1 Å². The van der Waals surface area contributed by atoms with Crippen LogP contribution in [-0.2, 0) is 4.79 Å². The van der Waals surface area contributed by atoms with Crippen LogP contribution in [0.1, 0.15) is 85.0 Å². The zero-order chi connectivity index (χ0) is 18.0. The Bertz CT molecular complexity index is 381. The van der Waals surface area contributed by atoms with Crippen molar-refractivity contribution in [2.45, 2.75) is 91.1 Å². The summed E-state index contributed by atoms with van der Waals surface area (Å²) in [5, 5.41) is 8.71. The molecule has 1 N–H and O–H groups in total. The summed E-state index contributed by atoms with van der Waals surface area (Å²) in [6.45, 7) is 6.33. The van der Waals surface area contributed by atoms with Gasteiger partial charge in [0.15, 0.2) is 6.10 Å². The molecule has 1 aromatic carbocycles. The Kier molecular flexibility index (Phi) is 15.3. The summed E-state index contributed by atoms with van der Waals surface area (Å²) < 4.78 is 5.23. The van der Waals surface area contributed by atoms with E-state index in [2.05, 4.69) is 13.8 Å². The van der Waals surface area contributed by atoms with Gasteiger partial charge in [-0.2, -0.15) is 0 Å². The Morgan fingerprint density at radius 3 is 1.71 bits per heavy atom. The molecule has 0 saturated heterocycles. The number of carbonyl (C=O) groups is 1. The topological polar surface area (TPSA) is 46.5 Å². The number of hydrogen-bond donors (Lipinski definition) is 1. The molecular weight excluding hydrogens is 300 g/mol. The van der Waals surface area contributed by atoms with Gasteiger partial charge in [0, 0.05) is 0 Å². The molecule has 0 aliphatic heterocycles. The van der Waals surface area contributed by atoms with E-state index in [1.54, 1.807) is 19.1 Å². The molecule has 3 nitrogen and oxygen atoms in total. The minimum absolute atomic E-state index is 0.463. The van der Waals surface area contributed by atoms with E-state index in [-0.39, 0.29) is 0 Å². The Balaban J connectivity index is 0.000000449. The van der Waals surface area contributed by atoms with Crippen molar-refractivity contribution in [3.63, 3.8) is 0 Å². The molecule has 1 rings (SSSR count). The largest absolute Gasteiger partial charge is 0.479 e. The van der Waals surface area contributed by atoms with Crippen molar-refractivity contribution >= 4 is 5.97 Å². The number of rotatable bonds is 12. The van der Waals surface area contributed by atoms with Crippen LogP contribution in [-0.4, -0.2) is 17.2 Å². The van der Waals surface area contributed by atoms with Crippen molar-refractivity contribution in [2.75, 3.05) is 0 Å². The third kappa shape index (κ3) is 13.0. The quantitative estimate of drug-likeness (QED) is 0.445. The second-order valence-corrected chi connectivity index (χ2v) is 6.14. The molecule has 138 valence electrons. The third-order valence-corrected chi connectivity index (χ3v) is 3.87. The Morgan fingerprint density at radius 1 is 0.875 bits per heavy atom. The normalized spacial score (nSPS) is 11.3. The van der Waals surface area contributed by atoms with Crippen molar-refractivity contribution in [2.24, 2.45) is 0 Å². The average Bonchev–Trinajstić information content (AvgIpc) is 2.60. The lowest BCUT2D eigenvalue weighted by atomic mass is 10.1. The van der Waals surface area contributed by atoms with E-state index in [0.717, 1.165) is 0 Å². The van der Waals surface area contributed by atoms with E-state index in [1.165, 1.54) is 57.8 Å². The van der Waals surface area contributed by atoms with Crippen LogP contribution >= 0.6 is 0 Å². The molecule has 0 aliphatic carbocycles. The fourth-order valence-corrected chi connectivity index (χ4v) is 2.36. The van der Waals surface area contributed by atoms with Gasteiger partial charge < -0.3 is 9.84 Å². The molecule has 0 aliphatic rings. The van der Waals surface area contributed by atoms with Crippen molar-refractivity contribution in [1.82, 2.24) is 0 Å². The van der Waals surface area contributed by atoms with Crippen molar-refractivity contribution in [1.29, 1.82) is 0 Å². The highest BCUT2D eigenvalue weighted by atomic mass is 16.5. The van der Waals surface area contributed by atoms with Crippen LogP contribution in [0.25, 0.3) is 0 Å². The van der Waals surface area contributed by atoms with Crippen molar-refractivity contribution in [3.8, 4) is 5.75 Å². The Labute approximate surface area is 148 Å². The summed E-state index contributed by atoms with van der Waals surface area (Å²) >= 11 is 0. The van der Waals surface area contributed by atoms with Crippen LogP contribution in [0.5, 0.6) is 5.75 Å². The first-order chi connectivity index (χ1) is 11.7. The summed E-state index contributed by atoms with van der Waals surface area (Å²) in [5.41, 5.74) is 0. The van der Waals surface area contributed by atoms with Crippen LogP contribution < -0.4 is 4.74 Å². The summed E-state index contributed by atoms with van der Waals surface area (Å²) in [4.78, 5) is 10.6. The molecule has 0 aromatic heterocycles. The molecule has 1 unspecified atom stereocenters. The van der Waals surface area contributed by atoms with Crippen molar-refractivity contribution < 1.29 is 14.6 Å². The average molecular weight is 337 g/mol. The van der Waals surface area contributed by atoms with Crippen molar-refractivity contribution in [3.05, 3.63) is 30.3 Å². The van der Waals surface area contributed by atoms with E-state index in [9.17, 15) is 4.79 Å². The highest BCUT2D eigenvalue weighted by Gasteiger charge is 2.15. The first-order valence-corrected chi connectivity index (χ1v) is 9.60. The Hall–Kier alpha value is -1.51. The summed E-state index contributed by atoms with van der Waals surface area (Å²) in [6, 6.07) is 8.96. The molecule has 0 spiro atoms. The number of unbranched alkanes of at least 4 members (excludes halogenated alkanes) is 8. The zero-order valence-corrected chi connectivity index (χ0v) is 15.8. The fourth-order valence-electron chi connectivity index (χ4n) is 2.36. The first kappa shape index (κ1) is 22.5. The molecule has 0 saturated carbocycles. The molecule has 0 fully saturated rings. The van der Waals surface area contributed by atoms with Gasteiger partial charge in [-0.15, -0.1) is 0 Å². The van der Waals surface area contributed by atoms with E-state index in [1.807, 2.05) is 18.2 Å². The number of aliphatic carboxylic acids is 1. The number of para-hydroxylation sites is 1. The fraction of sp³-hybridized carbons (Fsp3) is 0.667. The van der Waals surface area contributed by atoms with Gasteiger partial charge in [0.25, 0.3) is 0 Å². The summed E-state index contributed by atoms with van der Waals surface area (Å²) in [5.74, 6) is -0.330. The van der Waals surface area contributed by atoms with Crippen LogP contribution in [0.4, 0.5) is 0 Å². The standard InChI is InChI=1S/C11H24.C10H12O3/c1-3-5-7-9-11-10-8-6-4-2;1-2-9(10(11)12)13-8-6-4-3-5-7-8/h3-11H2,1-2H3;3-7,9H,2H2,1H3,(H,11,12). The lowest BCUT2D eigenvalue weighted by Gasteiger charge is -2.12. The molecule has 0 heterocycles. The first-order valence-electron chi connectivity index (χ1n) is 9.60. The maximum absolute atomic E-state index is 10.6. The molecule has 3 heteroatoms.